The number of rotatable bonds is 8. The average Bonchev–Trinajstić information content (AvgIpc) is 3.26. The summed E-state index contributed by atoms with van der Waals surface area (Å²) in [6.07, 6.45) is 3.42. The molecule has 0 spiro atoms. The maximum absolute atomic E-state index is 12.4. The highest BCUT2D eigenvalue weighted by atomic mass is 16.5. The summed E-state index contributed by atoms with van der Waals surface area (Å²) >= 11 is 0. The van der Waals surface area contributed by atoms with Gasteiger partial charge in [-0.15, -0.1) is 0 Å². The maximum Gasteiger partial charge on any atom is 0.336 e. The molecule has 1 saturated heterocycles. The second-order valence-electron chi connectivity index (χ2n) is 6.08. The predicted molar refractivity (Wildman–Crippen MR) is 92.1 cm³/mol. The summed E-state index contributed by atoms with van der Waals surface area (Å²) in [5.41, 5.74) is 0.196. The summed E-state index contributed by atoms with van der Waals surface area (Å²) in [5, 5.41) is 9.33. The molecule has 26 heavy (non-hydrogen) atoms. The number of carbonyl (C=O) groups is 3. The van der Waals surface area contributed by atoms with Crippen molar-refractivity contribution >= 4 is 17.9 Å². The van der Waals surface area contributed by atoms with Crippen molar-refractivity contribution in [3.05, 3.63) is 17.5 Å². The van der Waals surface area contributed by atoms with E-state index in [2.05, 4.69) is 10.5 Å². The monoisotopic (exact) mass is 366 g/mol. The number of hydrogen-bond acceptors (Lipinski definition) is 6. The molecular weight excluding hydrogens is 340 g/mol. The van der Waals surface area contributed by atoms with Crippen LogP contribution in [0.5, 0.6) is 0 Å². The van der Waals surface area contributed by atoms with Crippen LogP contribution in [0.4, 0.5) is 4.79 Å². The van der Waals surface area contributed by atoms with Gasteiger partial charge in [-0.3, -0.25) is 9.59 Å². The van der Waals surface area contributed by atoms with E-state index in [1.807, 2.05) is 0 Å². The number of nitrogens with one attached hydrogen (secondary N) is 1. The Morgan fingerprint density at radius 1 is 1.23 bits per heavy atom. The first-order valence-electron chi connectivity index (χ1n) is 8.99. The van der Waals surface area contributed by atoms with Gasteiger partial charge in [0, 0.05) is 32.1 Å². The first-order chi connectivity index (χ1) is 12.5. The van der Waals surface area contributed by atoms with E-state index in [0.29, 0.717) is 38.4 Å². The second kappa shape index (κ2) is 9.79. The highest BCUT2D eigenvalue weighted by Crippen LogP contribution is 2.15. The van der Waals surface area contributed by atoms with Crippen LogP contribution in [0, 0.1) is 6.92 Å². The molecule has 9 nitrogen and oxygen atoms in total. The second-order valence-corrected chi connectivity index (χ2v) is 6.08. The third-order valence-electron chi connectivity index (χ3n) is 3.99. The number of aryl methyl sites for hydroxylation is 1. The SMILES string of the molecule is CCOC(=O)CCCCCNC(=O)N1CCCN1C(=O)c1cc(C)on1. The Bertz CT molecular complexity index is 630. The summed E-state index contributed by atoms with van der Waals surface area (Å²) in [6.45, 7) is 5.33. The van der Waals surface area contributed by atoms with E-state index >= 15 is 0 Å². The lowest BCUT2D eigenvalue weighted by Gasteiger charge is -2.27. The van der Waals surface area contributed by atoms with Crippen LogP contribution in [0.2, 0.25) is 0 Å². The number of unbranched alkanes of at least 4 members (excludes halogenated alkanes) is 2. The molecule has 1 fully saturated rings. The minimum Gasteiger partial charge on any atom is -0.466 e. The van der Waals surface area contributed by atoms with E-state index in [1.54, 1.807) is 19.9 Å². The quantitative estimate of drug-likeness (QED) is 0.556. The van der Waals surface area contributed by atoms with Crippen LogP contribution < -0.4 is 5.32 Å². The Kier molecular flexibility index (Phi) is 7.43. The van der Waals surface area contributed by atoms with E-state index in [4.69, 9.17) is 9.26 Å². The van der Waals surface area contributed by atoms with Gasteiger partial charge < -0.3 is 14.6 Å². The lowest BCUT2D eigenvalue weighted by Crippen LogP contribution is -2.49. The summed E-state index contributed by atoms with van der Waals surface area (Å²) < 4.78 is 9.79. The van der Waals surface area contributed by atoms with Crippen LogP contribution >= 0.6 is 0 Å². The van der Waals surface area contributed by atoms with Gasteiger partial charge in [-0.25, -0.2) is 14.8 Å². The van der Waals surface area contributed by atoms with Gasteiger partial charge in [0.1, 0.15) is 5.76 Å². The molecule has 144 valence electrons. The van der Waals surface area contributed by atoms with Crippen LogP contribution in [0.25, 0.3) is 0 Å². The Labute approximate surface area is 152 Å². The molecule has 1 aliphatic heterocycles. The van der Waals surface area contributed by atoms with Crippen molar-refractivity contribution in [2.45, 2.75) is 46.0 Å². The molecule has 0 radical (unpaired) electrons. The van der Waals surface area contributed by atoms with E-state index in [-0.39, 0.29) is 23.6 Å². The molecule has 0 bridgehead atoms. The largest absolute Gasteiger partial charge is 0.466 e. The lowest BCUT2D eigenvalue weighted by atomic mass is 10.2. The first kappa shape index (κ1) is 19.7. The van der Waals surface area contributed by atoms with Crippen molar-refractivity contribution in [3.63, 3.8) is 0 Å². The van der Waals surface area contributed by atoms with Gasteiger partial charge in [0.15, 0.2) is 5.69 Å². The van der Waals surface area contributed by atoms with Gasteiger partial charge >= 0.3 is 12.0 Å². The number of hydrogen-bond donors (Lipinski definition) is 1. The summed E-state index contributed by atoms with van der Waals surface area (Å²) in [7, 11) is 0. The van der Waals surface area contributed by atoms with E-state index in [1.165, 1.54) is 10.0 Å². The number of nitrogens with zero attached hydrogens (tertiary/aromatic N) is 3. The number of esters is 1. The molecule has 0 saturated carbocycles. The summed E-state index contributed by atoms with van der Waals surface area (Å²) in [4.78, 5) is 36.0. The Hall–Kier alpha value is -2.58. The molecule has 1 N–H and O–H groups in total. The van der Waals surface area contributed by atoms with Crippen molar-refractivity contribution in [1.82, 2.24) is 20.5 Å². The van der Waals surface area contributed by atoms with Crippen LogP contribution in [-0.4, -0.2) is 59.3 Å². The van der Waals surface area contributed by atoms with E-state index in [9.17, 15) is 14.4 Å². The van der Waals surface area contributed by atoms with Crippen LogP contribution in [0.15, 0.2) is 10.6 Å². The van der Waals surface area contributed by atoms with Crippen LogP contribution in [-0.2, 0) is 9.53 Å². The van der Waals surface area contributed by atoms with Gasteiger partial charge in [0.05, 0.1) is 6.61 Å². The predicted octanol–water partition coefficient (Wildman–Crippen LogP) is 1.88. The highest BCUT2D eigenvalue weighted by molar-refractivity contribution is 5.93. The fraction of sp³-hybridized carbons (Fsp3) is 0.647. The van der Waals surface area contributed by atoms with Gasteiger partial charge in [-0.1, -0.05) is 11.6 Å². The normalized spacial score (nSPS) is 13.8. The summed E-state index contributed by atoms with van der Waals surface area (Å²) in [6, 6.07) is 1.25. The lowest BCUT2D eigenvalue weighted by molar-refractivity contribution is -0.143. The van der Waals surface area contributed by atoms with Gasteiger partial charge in [-0.2, -0.15) is 0 Å². The molecule has 1 aromatic rings. The Morgan fingerprint density at radius 2 is 2.00 bits per heavy atom. The summed E-state index contributed by atoms with van der Waals surface area (Å²) in [5.74, 6) is 0.0150. The van der Waals surface area contributed by atoms with Crippen LogP contribution in [0.1, 0.15) is 55.3 Å². The van der Waals surface area contributed by atoms with E-state index < -0.39 is 0 Å². The van der Waals surface area contributed by atoms with Crippen molar-refractivity contribution in [2.75, 3.05) is 26.2 Å². The van der Waals surface area contributed by atoms with Crippen molar-refractivity contribution in [1.29, 1.82) is 0 Å². The zero-order valence-electron chi connectivity index (χ0n) is 15.3. The van der Waals surface area contributed by atoms with Crippen molar-refractivity contribution in [2.24, 2.45) is 0 Å². The fourth-order valence-corrected chi connectivity index (χ4v) is 2.72. The molecule has 0 aromatic carbocycles. The standard InChI is InChI=1S/C17H26N4O5/c1-3-25-15(22)8-5-4-6-9-18-17(24)21-11-7-10-20(21)16(23)14-12-13(2)26-19-14/h12H,3-11H2,1-2H3,(H,18,24). The minimum absolute atomic E-state index is 0.189. The number of aromatic nitrogens is 1. The van der Waals surface area contributed by atoms with Crippen molar-refractivity contribution in [3.8, 4) is 0 Å². The molecule has 1 aliphatic rings. The third kappa shape index (κ3) is 5.47. The topological polar surface area (TPSA) is 105 Å². The number of amides is 3. The Morgan fingerprint density at radius 3 is 2.69 bits per heavy atom. The molecule has 1 aromatic heterocycles. The molecule has 0 aliphatic carbocycles. The molecule has 2 rings (SSSR count). The Balaban J connectivity index is 1.71. The zero-order valence-corrected chi connectivity index (χ0v) is 15.3. The highest BCUT2D eigenvalue weighted by Gasteiger charge is 2.32. The van der Waals surface area contributed by atoms with E-state index in [0.717, 1.165) is 25.7 Å². The molecular formula is C17H26N4O5. The smallest absolute Gasteiger partial charge is 0.336 e. The maximum atomic E-state index is 12.4. The molecule has 9 heteroatoms. The first-order valence-corrected chi connectivity index (χ1v) is 8.99. The fourth-order valence-electron chi connectivity index (χ4n) is 2.72. The van der Waals surface area contributed by atoms with Gasteiger partial charge in [0.25, 0.3) is 5.91 Å². The molecule has 2 heterocycles. The zero-order chi connectivity index (χ0) is 18.9. The molecule has 3 amide bonds. The van der Waals surface area contributed by atoms with Gasteiger partial charge in [-0.05, 0) is 33.1 Å². The number of carbonyl (C=O) groups excluding carboxylic acids is 3. The molecule has 0 atom stereocenters. The molecule has 0 unspecified atom stereocenters. The number of urea groups is 1. The number of ether oxygens (including phenoxy) is 1. The minimum atomic E-state index is -0.344. The van der Waals surface area contributed by atoms with Crippen molar-refractivity contribution < 1.29 is 23.6 Å². The third-order valence-corrected chi connectivity index (χ3v) is 3.99. The number of hydrazine groups is 1. The average molecular weight is 366 g/mol. The van der Waals surface area contributed by atoms with Crippen LogP contribution in [0.3, 0.4) is 0 Å². The van der Waals surface area contributed by atoms with Gasteiger partial charge in [0.2, 0.25) is 0 Å².